The molecule has 0 saturated carbocycles. The van der Waals surface area contributed by atoms with Crippen LogP contribution in [0.1, 0.15) is 21.6 Å². The summed E-state index contributed by atoms with van der Waals surface area (Å²) < 4.78 is 0. The molecule has 2 N–H and O–H groups in total. The number of fused-ring (bicyclic) bond motifs is 1. The van der Waals surface area contributed by atoms with E-state index in [1.54, 1.807) is 30.3 Å². The van der Waals surface area contributed by atoms with Crippen LogP contribution in [0.4, 0.5) is 5.69 Å². The summed E-state index contributed by atoms with van der Waals surface area (Å²) in [5.74, 6) is -0.285. The third kappa shape index (κ3) is 3.12. The molecule has 3 aromatic rings. The van der Waals surface area contributed by atoms with Crippen molar-refractivity contribution in [2.45, 2.75) is 13.8 Å². The highest BCUT2D eigenvalue weighted by molar-refractivity contribution is 6.31. The maximum absolute atomic E-state index is 12.4. The highest BCUT2D eigenvalue weighted by Crippen LogP contribution is 2.21. The predicted molar refractivity (Wildman–Crippen MR) is 93.4 cm³/mol. The molecule has 1 heterocycles. The fourth-order valence-electron chi connectivity index (χ4n) is 2.40. The first kappa shape index (κ1) is 15.3. The lowest BCUT2D eigenvalue weighted by atomic mass is 10.1. The number of carbonyl (C=O) groups is 1. The molecule has 0 aliphatic rings. The Morgan fingerprint density at radius 2 is 1.87 bits per heavy atom. The molecule has 0 aliphatic carbocycles. The van der Waals surface area contributed by atoms with Gasteiger partial charge in [0.25, 0.3) is 5.91 Å². The van der Waals surface area contributed by atoms with Crippen LogP contribution < -0.4 is 10.7 Å². The molecular formula is C18H15ClN2O2. The van der Waals surface area contributed by atoms with E-state index in [0.717, 1.165) is 11.3 Å². The summed E-state index contributed by atoms with van der Waals surface area (Å²) in [5.41, 5.74) is 3.37. The van der Waals surface area contributed by atoms with Gasteiger partial charge in [-0.3, -0.25) is 9.59 Å². The molecule has 0 saturated heterocycles. The van der Waals surface area contributed by atoms with E-state index in [0.29, 0.717) is 27.2 Å². The Balaban J connectivity index is 1.94. The van der Waals surface area contributed by atoms with Crippen molar-refractivity contribution in [3.8, 4) is 0 Å². The van der Waals surface area contributed by atoms with Gasteiger partial charge in [0, 0.05) is 38.9 Å². The lowest BCUT2D eigenvalue weighted by Crippen LogP contribution is -2.13. The Labute approximate surface area is 138 Å². The lowest BCUT2D eigenvalue weighted by Gasteiger charge is -2.08. The number of hydrogen-bond donors (Lipinski definition) is 2. The second kappa shape index (κ2) is 5.89. The third-order valence-electron chi connectivity index (χ3n) is 3.66. The molecule has 0 fully saturated rings. The van der Waals surface area contributed by atoms with Gasteiger partial charge in [-0.2, -0.15) is 0 Å². The molecular weight excluding hydrogens is 312 g/mol. The third-order valence-corrected chi connectivity index (χ3v) is 4.06. The van der Waals surface area contributed by atoms with Crippen LogP contribution in [-0.2, 0) is 0 Å². The normalized spacial score (nSPS) is 10.7. The second-order valence-electron chi connectivity index (χ2n) is 5.50. The summed E-state index contributed by atoms with van der Waals surface area (Å²) in [6.45, 7) is 3.72. The van der Waals surface area contributed by atoms with Crippen LogP contribution >= 0.6 is 11.6 Å². The van der Waals surface area contributed by atoms with Crippen molar-refractivity contribution in [1.82, 2.24) is 4.98 Å². The maximum Gasteiger partial charge on any atom is 0.255 e. The summed E-state index contributed by atoms with van der Waals surface area (Å²) in [5, 5.41) is 3.87. The predicted octanol–water partition coefficient (Wildman–Crippen LogP) is 4.05. The molecule has 0 aliphatic heterocycles. The van der Waals surface area contributed by atoms with Crippen LogP contribution in [0, 0.1) is 13.8 Å². The highest BCUT2D eigenvalue weighted by Gasteiger charge is 2.09. The number of carbonyl (C=O) groups excluding carboxylic acids is 1. The van der Waals surface area contributed by atoms with Crippen LogP contribution in [0.2, 0.25) is 5.02 Å². The van der Waals surface area contributed by atoms with Gasteiger partial charge in [-0.15, -0.1) is 0 Å². The van der Waals surface area contributed by atoms with Gasteiger partial charge in [-0.25, -0.2) is 0 Å². The molecule has 23 heavy (non-hydrogen) atoms. The Bertz CT molecular complexity index is 976. The number of benzene rings is 2. The molecule has 0 spiro atoms. The second-order valence-corrected chi connectivity index (χ2v) is 5.90. The number of hydrogen-bond acceptors (Lipinski definition) is 2. The monoisotopic (exact) mass is 326 g/mol. The molecule has 5 heteroatoms. The van der Waals surface area contributed by atoms with Crippen molar-refractivity contribution >= 4 is 34.1 Å². The number of anilines is 1. The lowest BCUT2D eigenvalue weighted by molar-refractivity contribution is 0.102. The number of aryl methyl sites for hydroxylation is 2. The Morgan fingerprint density at radius 1 is 1.09 bits per heavy atom. The van der Waals surface area contributed by atoms with Gasteiger partial charge in [0.1, 0.15) is 0 Å². The van der Waals surface area contributed by atoms with E-state index in [4.69, 9.17) is 11.6 Å². The van der Waals surface area contributed by atoms with E-state index in [9.17, 15) is 9.59 Å². The van der Waals surface area contributed by atoms with Crippen LogP contribution in [-0.4, -0.2) is 10.9 Å². The molecule has 1 amide bonds. The van der Waals surface area contributed by atoms with Gasteiger partial charge < -0.3 is 10.3 Å². The van der Waals surface area contributed by atoms with E-state index in [-0.39, 0.29) is 11.3 Å². The summed E-state index contributed by atoms with van der Waals surface area (Å²) >= 11 is 6.06. The van der Waals surface area contributed by atoms with E-state index in [1.807, 2.05) is 19.9 Å². The molecule has 116 valence electrons. The minimum atomic E-state index is -0.285. The SMILES string of the molecule is Cc1cc(=O)c2cc(C(=O)Nc3ccc(C)c(Cl)c3)ccc2[nH]1. The molecule has 0 bridgehead atoms. The van der Waals surface area contributed by atoms with Crippen molar-refractivity contribution in [2.75, 3.05) is 5.32 Å². The van der Waals surface area contributed by atoms with Gasteiger partial charge in [-0.05, 0) is 49.7 Å². The Kier molecular flexibility index (Phi) is 3.92. The fourth-order valence-corrected chi connectivity index (χ4v) is 2.58. The average molecular weight is 327 g/mol. The quantitative estimate of drug-likeness (QED) is 0.746. The molecule has 0 radical (unpaired) electrons. The minimum Gasteiger partial charge on any atom is -0.358 e. The summed E-state index contributed by atoms with van der Waals surface area (Å²) in [6, 6.07) is 11.9. The van der Waals surface area contributed by atoms with Gasteiger partial charge in [0.2, 0.25) is 0 Å². The standard InChI is InChI=1S/C18H15ClN2O2/c1-10-3-5-13(9-15(10)19)21-18(23)12-4-6-16-14(8-12)17(22)7-11(2)20-16/h3-9H,1-2H3,(H,20,22)(H,21,23). The van der Waals surface area contributed by atoms with E-state index in [2.05, 4.69) is 10.3 Å². The number of aromatic amines is 1. The number of aromatic nitrogens is 1. The van der Waals surface area contributed by atoms with Crippen LogP contribution in [0.15, 0.2) is 47.3 Å². The Morgan fingerprint density at radius 3 is 2.61 bits per heavy atom. The molecule has 2 aromatic carbocycles. The smallest absolute Gasteiger partial charge is 0.255 e. The molecule has 4 nitrogen and oxygen atoms in total. The van der Waals surface area contributed by atoms with Gasteiger partial charge in [0.05, 0.1) is 0 Å². The first-order valence-electron chi connectivity index (χ1n) is 7.15. The number of pyridine rings is 1. The largest absolute Gasteiger partial charge is 0.358 e. The van der Waals surface area contributed by atoms with E-state index >= 15 is 0 Å². The van der Waals surface area contributed by atoms with Crippen LogP contribution in [0.5, 0.6) is 0 Å². The fraction of sp³-hybridized carbons (Fsp3) is 0.111. The van der Waals surface area contributed by atoms with Crippen LogP contribution in [0.3, 0.4) is 0 Å². The number of halogens is 1. The zero-order valence-corrected chi connectivity index (χ0v) is 13.5. The van der Waals surface area contributed by atoms with Crippen molar-refractivity contribution in [3.63, 3.8) is 0 Å². The number of nitrogens with one attached hydrogen (secondary N) is 2. The van der Waals surface area contributed by atoms with Gasteiger partial charge in [-0.1, -0.05) is 17.7 Å². The maximum atomic E-state index is 12.4. The zero-order valence-electron chi connectivity index (χ0n) is 12.7. The first-order valence-corrected chi connectivity index (χ1v) is 7.53. The number of amides is 1. The zero-order chi connectivity index (χ0) is 16.6. The number of rotatable bonds is 2. The van der Waals surface area contributed by atoms with Crippen molar-refractivity contribution in [3.05, 3.63) is 74.5 Å². The number of H-pyrrole nitrogens is 1. The summed E-state index contributed by atoms with van der Waals surface area (Å²) in [7, 11) is 0. The summed E-state index contributed by atoms with van der Waals surface area (Å²) in [4.78, 5) is 27.5. The summed E-state index contributed by atoms with van der Waals surface area (Å²) in [6.07, 6.45) is 0. The van der Waals surface area contributed by atoms with Gasteiger partial charge in [0.15, 0.2) is 5.43 Å². The highest BCUT2D eigenvalue weighted by atomic mass is 35.5. The van der Waals surface area contributed by atoms with Crippen molar-refractivity contribution < 1.29 is 4.79 Å². The van der Waals surface area contributed by atoms with Crippen molar-refractivity contribution in [2.24, 2.45) is 0 Å². The van der Waals surface area contributed by atoms with Crippen molar-refractivity contribution in [1.29, 1.82) is 0 Å². The van der Waals surface area contributed by atoms with Crippen LogP contribution in [0.25, 0.3) is 10.9 Å². The average Bonchev–Trinajstić information content (AvgIpc) is 2.50. The van der Waals surface area contributed by atoms with E-state index in [1.165, 1.54) is 6.07 Å². The first-order chi connectivity index (χ1) is 10.9. The topological polar surface area (TPSA) is 62.0 Å². The minimum absolute atomic E-state index is 0.107. The molecule has 1 aromatic heterocycles. The molecule has 3 rings (SSSR count). The van der Waals surface area contributed by atoms with E-state index < -0.39 is 0 Å². The Hall–Kier alpha value is -2.59. The molecule has 0 unspecified atom stereocenters. The molecule has 0 atom stereocenters. The van der Waals surface area contributed by atoms with Gasteiger partial charge >= 0.3 is 0 Å².